The molecule has 0 unspecified atom stereocenters. The van der Waals surface area contributed by atoms with E-state index in [0.29, 0.717) is 29.5 Å². The van der Waals surface area contributed by atoms with Crippen LogP contribution in [0.2, 0.25) is 0 Å². The normalized spacial score (nSPS) is 15.7. The molecule has 1 amide bonds. The molecule has 0 aromatic heterocycles. The number of carbonyl (C=O) groups is 1. The molecule has 1 saturated heterocycles. The summed E-state index contributed by atoms with van der Waals surface area (Å²) in [6.45, 7) is 11.4. The Balaban J connectivity index is 1.95. The van der Waals surface area contributed by atoms with Crippen LogP contribution in [0.4, 0.5) is 10.5 Å². The summed E-state index contributed by atoms with van der Waals surface area (Å²) in [6.07, 6.45) is 0.371. The van der Waals surface area contributed by atoms with Crippen LogP contribution in [0.25, 0.3) is 0 Å². The lowest BCUT2D eigenvalue weighted by Crippen LogP contribution is -2.44. The molecule has 1 aromatic carbocycles. The number of ether oxygens (including phenoxy) is 4. The Kier molecular flexibility index (Phi) is 8.40. The summed E-state index contributed by atoms with van der Waals surface area (Å²) >= 11 is 0. The van der Waals surface area contributed by atoms with E-state index in [9.17, 15) is 4.79 Å². The topological polar surface area (TPSA) is 72.5 Å². The van der Waals surface area contributed by atoms with Crippen molar-refractivity contribution in [2.75, 3.05) is 65.9 Å². The zero-order valence-electron chi connectivity index (χ0n) is 18.5. The van der Waals surface area contributed by atoms with Crippen molar-refractivity contribution in [2.45, 2.75) is 32.8 Å². The van der Waals surface area contributed by atoms with Crippen LogP contribution in [0.1, 0.15) is 27.2 Å². The lowest BCUT2D eigenvalue weighted by molar-refractivity contribution is 0.0636. The number of anilines is 1. The number of piperazine rings is 1. The average Bonchev–Trinajstić information content (AvgIpc) is 2.65. The van der Waals surface area contributed by atoms with Crippen molar-refractivity contribution in [3.8, 4) is 17.2 Å². The Morgan fingerprint density at radius 3 is 2.17 bits per heavy atom. The molecule has 2 rings (SSSR count). The smallest absolute Gasteiger partial charge is 0.412 e. The average molecular weight is 410 g/mol. The molecule has 1 aliphatic rings. The molecule has 0 spiro atoms. The second-order valence-electron chi connectivity index (χ2n) is 8.18. The van der Waals surface area contributed by atoms with Gasteiger partial charge in [-0.3, -0.25) is 5.32 Å². The number of nitrogens with zero attached hydrogens (tertiary/aromatic N) is 2. The molecule has 0 atom stereocenters. The lowest BCUT2D eigenvalue weighted by Gasteiger charge is -2.32. The van der Waals surface area contributed by atoms with Crippen LogP contribution in [-0.4, -0.2) is 82.1 Å². The van der Waals surface area contributed by atoms with E-state index >= 15 is 0 Å². The Labute approximate surface area is 174 Å². The highest BCUT2D eigenvalue weighted by Gasteiger charge is 2.19. The molecular weight excluding hydrogens is 374 g/mol. The monoisotopic (exact) mass is 409 g/mol. The van der Waals surface area contributed by atoms with Crippen molar-refractivity contribution in [3.63, 3.8) is 0 Å². The molecule has 0 radical (unpaired) electrons. The van der Waals surface area contributed by atoms with Gasteiger partial charge in [-0.15, -0.1) is 0 Å². The number of rotatable bonds is 8. The maximum atomic E-state index is 12.0. The zero-order chi connectivity index (χ0) is 21.4. The van der Waals surface area contributed by atoms with Crippen molar-refractivity contribution in [2.24, 2.45) is 0 Å². The SMILES string of the molecule is COc1cc(NC(=O)OC(C)(C)C)cc(OC)c1OCCCN1CCN(C)CC1. The predicted octanol–water partition coefficient (Wildman–Crippen LogP) is 3.07. The first-order valence-corrected chi connectivity index (χ1v) is 10.0. The van der Waals surface area contributed by atoms with Crippen LogP contribution < -0.4 is 19.5 Å². The fourth-order valence-electron chi connectivity index (χ4n) is 3.05. The molecule has 1 heterocycles. The van der Waals surface area contributed by atoms with Gasteiger partial charge in [0, 0.05) is 44.9 Å². The minimum absolute atomic E-state index is 0.495. The van der Waals surface area contributed by atoms with Crippen LogP contribution in [0.15, 0.2) is 12.1 Å². The Hall–Kier alpha value is -2.19. The second kappa shape index (κ2) is 10.5. The van der Waals surface area contributed by atoms with Gasteiger partial charge in [0.05, 0.1) is 26.5 Å². The standard InChI is InChI=1S/C21H35N3O5/c1-21(2,3)29-20(25)22-16-14-17(26-5)19(18(15-16)27-6)28-13-7-8-24-11-9-23(4)10-12-24/h14-15H,7-13H2,1-6H3,(H,22,25). The molecule has 0 aliphatic carbocycles. The fourth-order valence-corrected chi connectivity index (χ4v) is 3.05. The number of nitrogens with one attached hydrogen (secondary N) is 1. The van der Waals surface area contributed by atoms with E-state index in [2.05, 4.69) is 22.2 Å². The maximum Gasteiger partial charge on any atom is 0.412 e. The summed E-state index contributed by atoms with van der Waals surface area (Å²) in [5.74, 6) is 1.52. The van der Waals surface area contributed by atoms with Gasteiger partial charge in [0.25, 0.3) is 0 Å². The molecule has 29 heavy (non-hydrogen) atoms. The van der Waals surface area contributed by atoms with E-state index in [1.165, 1.54) is 0 Å². The summed E-state index contributed by atoms with van der Waals surface area (Å²) in [5, 5.41) is 2.70. The van der Waals surface area contributed by atoms with E-state index in [0.717, 1.165) is 39.1 Å². The largest absolute Gasteiger partial charge is 0.493 e. The number of amides is 1. The number of hydrogen-bond donors (Lipinski definition) is 1. The number of methoxy groups -OCH3 is 2. The second-order valence-corrected chi connectivity index (χ2v) is 8.18. The lowest BCUT2D eigenvalue weighted by atomic mass is 10.2. The first-order chi connectivity index (χ1) is 13.7. The molecular formula is C21H35N3O5. The van der Waals surface area contributed by atoms with Gasteiger partial charge in [0.15, 0.2) is 11.5 Å². The Morgan fingerprint density at radius 2 is 1.66 bits per heavy atom. The molecule has 8 nitrogen and oxygen atoms in total. The molecule has 1 aliphatic heterocycles. The number of likely N-dealkylation sites (N-methyl/N-ethyl adjacent to an activating group) is 1. The van der Waals surface area contributed by atoms with Crippen molar-refractivity contribution in [1.29, 1.82) is 0 Å². The first-order valence-electron chi connectivity index (χ1n) is 10.0. The number of benzene rings is 1. The number of hydrogen-bond acceptors (Lipinski definition) is 7. The van der Waals surface area contributed by atoms with Gasteiger partial charge in [-0.2, -0.15) is 0 Å². The molecule has 164 valence electrons. The van der Waals surface area contributed by atoms with E-state index in [4.69, 9.17) is 18.9 Å². The highest BCUT2D eigenvalue weighted by atomic mass is 16.6. The van der Waals surface area contributed by atoms with Gasteiger partial charge in [-0.1, -0.05) is 0 Å². The first kappa shape index (κ1) is 23.1. The van der Waals surface area contributed by atoms with Gasteiger partial charge >= 0.3 is 6.09 Å². The fraction of sp³-hybridized carbons (Fsp3) is 0.667. The van der Waals surface area contributed by atoms with Crippen LogP contribution >= 0.6 is 0 Å². The third kappa shape index (κ3) is 7.62. The predicted molar refractivity (Wildman–Crippen MR) is 113 cm³/mol. The molecule has 0 bridgehead atoms. The summed E-state index contributed by atoms with van der Waals surface area (Å²) in [7, 11) is 5.27. The van der Waals surface area contributed by atoms with Crippen molar-refractivity contribution >= 4 is 11.8 Å². The van der Waals surface area contributed by atoms with E-state index in [-0.39, 0.29) is 0 Å². The van der Waals surface area contributed by atoms with Crippen LogP contribution in [0.3, 0.4) is 0 Å². The summed E-state index contributed by atoms with van der Waals surface area (Å²) in [6, 6.07) is 3.39. The van der Waals surface area contributed by atoms with Crippen molar-refractivity contribution in [3.05, 3.63) is 12.1 Å². The highest BCUT2D eigenvalue weighted by molar-refractivity contribution is 5.86. The van der Waals surface area contributed by atoms with Crippen LogP contribution in [0.5, 0.6) is 17.2 Å². The zero-order valence-corrected chi connectivity index (χ0v) is 18.5. The van der Waals surface area contributed by atoms with E-state index < -0.39 is 11.7 Å². The van der Waals surface area contributed by atoms with Crippen molar-refractivity contribution in [1.82, 2.24) is 9.80 Å². The maximum absolute atomic E-state index is 12.0. The molecule has 0 saturated carbocycles. The van der Waals surface area contributed by atoms with Gasteiger partial charge in [-0.25, -0.2) is 4.79 Å². The van der Waals surface area contributed by atoms with Gasteiger partial charge in [0.2, 0.25) is 5.75 Å². The molecule has 1 fully saturated rings. The quantitative estimate of drug-likeness (QED) is 0.662. The third-order valence-electron chi connectivity index (χ3n) is 4.57. The minimum Gasteiger partial charge on any atom is -0.493 e. The van der Waals surface area contributed by atoms with Crippen LogP contribution in [0, 0.1) is 0 Å². The summed E-state index contributed by atoms with van der Waals surface area (Å²) in [5.41, 5.74) is -0.0665. The van der Waals surface area contributed by atoms with Gasteiger partial charge in [0.1, 0.15) is 5.60 Å². The van der Waals surface area contributed by atoms with Crippen molar-refractivity contribution < 1.29 is 23.7 Å². The Bertz CT molecular complexity index is 642. The van der Waals surface area contributed by atoms with E-state index in [1.54, 1.807) is 26.4 Å². The minimum atomic E-state index is -0.578. The highest BCUT2D eigenvalue weighted by Crippen LogP contribution is 2.40. The van der Waals surface area contributed by atoms with Crippen LogP contribution in [-0.2, 0) is 4.74 Å². The summed E-state index contributed by atoms with van der Waals surface area (Å²) in [4.78, 5) is 16.8. The summed E-state index contributed by atoms with van der Waals surface area (Å²) < 4.78 is 22.2. The number of carbonyl (C=O) groups excluding carboxylic acids is 1. The van der Waals surface area contributed by atoms with Gasteiger partial charge in [-0.05, 0) is 34.2 Å². The molecule has 8 heteroatoms. The Morgan fingerprint density at radius 1 is 1.07 bits per heavy atom. The molecule has 1 aromatic rings. The third-order valence-corrected chi connectivity index (χ3v) is 4.57. The van der Waals surface area contributed by atoms with E-state index in [1.807, 2.05) is 20.8 Å². The van der Waals surface area contributed by atoms with Gasteiger partial charge < -0.3 is 28.7 Å². The molecule has 1 N–H and O–H groups in total.